The molecule has 2 N–H and O–H groups in total. The Bertz CT molecular complexity index is 684. The quantitative estimate of drug-likeness (QED) is 0.904. The molecule has 2 aromatic rings. The number of nitrogens with zero attached hydrogens (tertiary/aromatic N) is 1. The van der Waals surface area contributed by atoms with E-state index in [9.17, 15) is 12.8 Å². The number of aliphatic hydroxyl groups excluding tert-OH is 1. The van der Waals surface area contributed by atoms with Crippen molar-refractivity contribution in [2.45, 2.75) is 18.4 Å². The summed E-state index contributed by atoms with van der Waals surface area (Å²) < 4.78 is 40.2. The average Bonchev–Trinajstić information content (AvgIpc) is 2.84. The van der Waals surface area contributed by atoms with Crippen LogP contribution in [0.5, 0.6) is 0 Å². The maximum atomic E-state index is 13.6. The molecular formula is C11H11FN2O3S2. The highest BCUT2D eigenvalue weighted by Crippen LogP contribution is 2.24. The number of rotatable bonds is 4. The second-order valence-electron chi connectivity index (χ2n) is 3.80. The summed E-state index contributed by atoms with van der Waals surface area (Å²) in [5.41, 5.74) is 0.198. The molecule has 0 aliphatic heterocycles. The number of thiazole rings is 1. The van der Waals surface area contributed by atoms with Gasteiger partial charge in [-0.3, -0.25) is 4.72 Å². The zero-order valence-electron chi connectivity index (χ0n) is 9.92. The van der Waals surface area contributed by atoms with Crippen molar-refractivity contribution in [3.63, 3.8) is 0 Å². The van der Waals surface area contributed by atoms with Crippen LogP contribution in [0.1, 0.15) is 11.1 Å². The number of aromatic nitrogens is 1. The zero-order chi connectivity index (χ0) is 14.0. The highest BCUT2D eigenvalue weighted by atomic mass is 32.2. The van der Waals surface area contributed by atoms with Gasteiger partial charge < -0.3 is 5.11 Å². The molecule has 0 aliphatic carbocycles. The van der Waals surface area contributed by atoms with Crippen molar-refractivity contribution in [2.75, 3.05) is 4.72 Å². The van der Waals surface area contributed by atoms with Crippen LogP contribution in [-0.2, 0) is 16.6 Å². The van der Waals surface area contributed by atoms with Crippen LogP contribution in [0.4, 0.5) is 9.52 Å². The van der Waals surface area contributed by atoms with Crippen molar-refractivity contribution < 1.29 is 17.9 Å². The van der Waals surface area contributed by atoms with Gasteiger partial charge in [-0.15, -0.1) is 11.3 Å². The van der Waals surface area contributed by atoms with Gasteiger partial charge in [-0.2, -0.15) is 0 Å². The lowest BCUT2D eigenvalue weighted by atomic mass is 10.1. The van der Waals surface area contributed by atoms with E-state index >= 15 is 0 Å². The minimum Gasteiger partial charge on any atom is -0.392 e. The van der Waals surface area contributed by atoms with Crippen molar-refractivity contribution in [1.82, 2.24) is 4.98 Å². The fourth-order valence-electron chi connectivity index (χ4n) is 1.52. The minimum absolute atomic E-state index is 0.00116. The largest absolute Gasteiger partial charge is 0.392 e. The zero-order valence-corrected chi connectivity index (χ0v) is 11.6. The van der Waals surface area contributed by atoms with Crippen LogP contribution in [0, 0.1) is 12.7 Å². The fourth-order valence-corrected chi connectivity index (χ4v) is 3.61. The summed E-state index contributed by atoms with van der Waals surface area (Å²) in [5, 5.41) is 10.8. The average molecular weight is 302 g/mol. The molecule has 0 saturated heterocycles. The summed E-state index contributed by atoms with van der Waals surface area (Å²) in [7, 11) is -3.92. The van der Waals surface area contributed by atoms with E-state index in [2.05, 4.69) is 9.71 Å². The number of benzene rings is 1. The van der Waals surface area contributed by atoms with Gasteiger partial charge in [-0.1, -0.05) is 0 Å². The van der Waals surface area contributed by atoms with Gasteiger partial charge in [0.2, 0.25) is 0 Å². The van der Waals surface area contributed by atoms with E-state index in [-0.39, 0.29) is 21.2 Å². The Kier molecular flexibility index (Phi) is 3.83. The van der Waals surface area contributed by atoms with Gasteiger partial charge >= 0.3 is 0 Å². The standard InChI is InChI=1S/C11H11FN2O3S2/c1-7-9(12)4-8(6-15)5-10(7)19(16,17)14-11-13-2-3-18-11/h2-5,15H,6H2,1H3,(H,13,14). The monoisotopic (exact) mass is 302 g/mol. The first-order valence-electron chi connectivity index (χ1n) is 5.26. The number of hydrogen-bond donors (Lipinski definition) is 2. The van der Waals surface area contributed by atoms with Crippen LogP contribution in [0.25, 0.3) is 0 Å². The Hall–Kier alpha value is -1.51. The summed E-state index contributed by atoms with van der Waals surface area (Å²) >= 11 is 1.12. The Labute approximate surface area is 113 Å². The highest BCUT2D eigenvalue weighted by molar-refractivity contribution is 7.93. The van der Waals surface area contributed by atoms with Gasteiger partial charge in [0, 0.05) is 17.1 Å². The maximum absolute atomic E-state index is 13.6. The normalized spacial score (nSPS) is 11.5. The topological polar surface area (TPSA) is 79.3 Å². The van der Waals surface area contributed by atoms with Gasteiger partial charge in [0.25, 0.3) is 10.0 Å². The molecule has 8 heteroatoms. The molecule has 2 rings (SSSR count). The summed E-state index contributed by atoms with van der Waals surface area (Å²) in [4.78, 5) is 3.60. The number of hydrogen-bond acceptors (Lipinski definition) is 5. The molecule has 0 aliphatic rings. The van der Waals surface area contributed by atoms with Crippen LogP contribution in [0.3, 0.4) is 0 Å². The molecule has 0 amide bonds. The number of sulfonamides is 1. The molecule has 5 nitrogen and oxygen atoms in total. The van der Waals surface area contributed by atoms with Crippen LogP contribution < -0.4 is 4.72 Å². The predicted octanol–water partition coefficient (Wildman–Crippen LogP) is 1.88. The van der Waals surface area contributed by atoms with Gasteiger partial charge in [0.05, 0.1) is 11.5 Å². The third-order valence-electron chi connectivity index (χ3n) is 2.48. The second-order valence-corrected chi connectivity index (χ2v) is 6.35. The first kappa shape index (κ1) is 13.9. The van der Waals surface area contributed by atoms with Crippen molar-refractivity contribution in [1.29, 1.82) is 0 Å². The van der Waals surface area contributed by atoms with Gasteiger partial charge in [0.15, 0.2) is 5.13 Å². The molecule has 0 bridgehead atoms. The van der Waals surface area contributed by atoms with Crippen LogP contribution in [0.15, 0.2) is 28.6 Å². The van der Waals surface area contributed by atoms with E-state index < -0.39 is 22.4 Å². The second kappa shape index (κ2) is 5.24. The SMILES string of the molecule is Cc1c(F)cc(CO)cc1S(=O)(=O)Nc1nccs1. The maximum Gasteiger partial charge on any atom is 0.264 e. The highest BCUT2D eigenvalue weighted by Gasteiger charge is 2.21. The third-order valence-corrected chi connectivity index (χ3v) is 4.77. The molecule has 0 saturated carbocycles. The van der Waals surface area contributed by atoms with Crippen molar-refractivity contribution in [2.24, 2.45) is 0 Å². The Balaban J connectivity index is 2.48. The summed E-state index contributed by atoms with van der Waals surface area (Å²) in [6.45, 7) is 0.934. The summed E-state index contributed by atoms with van der Waals surface area (Å²) in [5.74, 6) is -0.675. The summed E-state index contributed by atoms with van der Waals surface area (Å²) in [6.07, 6.45) is 1.46. The van der Waals surface area contributed by atoms with E-state index in [4.69, 9.17) is 5.11 Å². The van der Waals surface area contributed by atoms with Crippen LogP contribution in [-0.4, -0.2) is 18.5 Å². The van der Waals surface area contributed by atoms with E-state index in [0.717, 1.165) is 17.4 Å². The molecule has 0 fully saturated rings. The molecule has 0 unspecified atom stereocenters. The first-order chi connectivity index (χ1) is 8.94. The Morgan fingerprint density at radius 2 is 2.21 bits per heavy atom. The number of halogens is 1. The predicted molar refractivity (Wildman–Crippen MR) is 70.0 cm³/mol. The Morgan fingerprint density at radius 1 is 1.47 bits per heavy atom. The number of nitrogens with one attached hydrogen (secondary N) is 1. The lowest BCUT2D eigenvalue weighted by Crippen LogP contribution is -2.15. The molecular weight excluding hydrogens is 291 g/mol. The van der Waals surface area contributed by atoms with Crippen molar-refractivity contribution >= 4 is 26.5 Å². The van der Waals surface area contributed by atoms with E-state index in [1.54, 1.807) is 5.38 Å². The lowest BCUT2D eigenvalue weighted by Gasteiger charge is -2.10. The lowest BCUT2D eigenvalue weighted by molar-refractivity contribution is 0.281. The summed E-state index contributed by atoms with van der Waals surface area (Å²) in [6, 6.07) is 2.35. The van der Waals surface area contributed by atoms with Gasteiger partial charge in [-0.05, 0) is 24.6 Å². The van der Waals surface area contributed by atoms with Gasteiger partial charge in [0.1, 0.15) is 5.82 Å². The molecule has 1 heterocycles. The molecule has 0 radical (unpaired) electrons. The van der Waals surface area contributed by atoms with Crippen LogP contribution >= 0.6 is 11.3 Å². The molecule has 1 aromatic heterocycles. The first-order valence-corrected chi connectivity index (χ1v) is 7.62. The third kappa shape index (κ3) is 2.91. The molecule has 0 spiro atoms. The van der Waals surface area contributed by atoms with E-state index in [1.165, 1.54) is 19.2 Å². The number of aliphatic hydroxyl groups is 1. The van der Waals surface area contributed by atoms with Crippen molar-refractivity contribution in [3.05, 3.63) is 40.7 Å². The molecule has 0 atom stereocenters. The molecule has 102 valence electrons. The molecule has 1 aromatic carbocycles. The van der Waals surface area contributed by atoms with Crippen LogP contribution in [0.2, 0.25) is 0 Å². The van der Waals surface area contributed by atoms with Crippen molar-refractivity contribution in [3.8, 4) is 0 Å². The van der Waals surface area contributed by atoms with E-state index in [1.807, 2.05) is 0 Å². The fraction of sp³-hybridized carbons (Fsp3) is 0.182. The number of anilines is 1. The minimum atomic E-state index is -3.92. The smallest absolute Gasteiger partial charge is 0.264 e. The Morgan fingerprint density at radius 3 is 2.79 bits per heavy atom. The van der Waals surface area contributed by atoms with Gasteiger partial charge in [-0.25, -0.2) is 17.8 Å². The molecule has 19 heavy (non-hydrogen) atoms. The van der Waals surface area contributed by atoms with E-state index in [0.29, 0.717) is 0 Å².